The van der Waals surface area contributed by atoms with Crippen molar-refractivity contribution < 1.29 is 4.79 Å². The minimum atomic E-state index is -0.202. The number of carbonyl (C=O) groups excluding carboxylic acids is 1. The highest BCUT2D eigenvalue weighted by Crippen LogP contribution is 2.34. The summed E-state index contributed by atoms with van der Waals surface area (Å²) in [7, 11) is 0. The van der Waals surface area contributed by atoms with Gasteiger partial charge in [-0.25, -0.2) is 0 Å². The topological polar surface area (TPSA) is 60.0 Å². The number of hydrogen-bond donors (Lipinski definition) is 2. The third-order valence-corrected chi connectivity index (χ3v) is 4.45. The number of nitrogens with zero attached hydrogens (tertiary/aromatic N) is 1. The number of amides is 1. The summed E-state index contributed by atoms with van der Waals surface area (Å²) in [6, 6.07) is 5.40. The van der Waals surface area contributed by atoms with Crippen LogP contribution in [0.5, 0.6) is 0 Å². The fourth-order valence-electron chi connectivity index (χ4n) is 1.82. The van der Waals surface area contributed by atoms with E-state index in [1.165, 1.54) is 0 Å². The van der Waals surface area contributed by atoms with Crippen molar-refractivity contribution in [2.24, 2.45) is 0 Å². The molecule has 0 saturated carbocycles. The average Bonchev–Trinajstić information content (AvgIpc) is 2.75. The van der Waals surface area contributed by atoms with E-state index < -0.39 is 0 Å². The highest BCUT2D eigenvalue weighted by Gasteiger charge is 2.15. The molecule has 0 fully saturated rings. The molecule has 0 saturated heterocycles. The van der Waals surface area contributed by atoms with Crippen LogP contribution in [-0.2, 0) is 6.54 Å². The van der Waals surface area contributed by atoms with Gasteiger partial charge in [-0.3, -0.25) is 4.79 Å². The molecule has 0 radical (unpaired) electrons. The summed E-state index contributed by atoms with van der Waals surface area (Å²) in [5.41, 5.74) is 7.53. The van der Waals surface area contributed by atoms with Crippen molar-refractivity contribution in [3.8, 4) is 0 Å². The maximum absolute atomic E-state index is 12.4. The van der Waals surface area contributed by atoms with Crippen LogP contribution in [0.2, 0.25) is 0 Å². The first-order chi connectivity index (χ1) is 9.42. The quantitative estimate of drug-likeness (QED) is 0.694. The second-order valence-electron chi connectivity index (χ2n) is 4.14. The lowest BCUT2D eigenvalue weighted by molar-refractivity contribution is 0.101. The number of aromatic nitrogens is 1. The normalized spacial score (nSPS) is 10.6. The minimum absolute atomic E-state index is 0.202. The molecule has 0 unspecified atom stereocenters. The first-order valence-electron chi connectivity index (χ1n) is 5.84. The van der Waals surface area contributed by atoms with E-state index in [4.69, 9.17) is 5.73 Å². The predicted octanol–water partition coefficient (Wildman–Crippen LogP) is 4.63. The summed E-state index contributed by atoms with van der Waals surface area (Å²) in [5.74, 6) is -0.202. The SMILES string of the molecule is CCn1cc(N)cc1C(=O)Nc1c(Br)cc(Br)cc1Br. The number of hydrogen-bond acceptors (Lipinski definition) is 2. The van der Waals surface area contributed by atoms with E-state index in [0.717, 1.165) is 13.4 Å². The number of nitrogen functional groups attached to an aromatic ring is 1. The number of nitrogens with two attached hydrogens (primary N) is 1. The van der Waals surface area contributed by atoms with Gasteiger partial charge in [0.1, 0.15) is 5.69 Å². The Kier molecular flexibility index (Phi) is 4.93. The van der Waals surface area contributed by atoms with E-state index in [2.05, 4.69) is 53.1 Å². The maximum atomic E-state index is 12.4. The van der Waals surface area contributed by atoms with E-state index in [1.54, 1.807) is 12.3 Å². The van der Waals surface area contributed by atoms with Gasteiger partial charge in [-0.05, 0) is 57.0 Å². The second-order valence-corrected chi connectivity index (χ2v) is 6.77. The molecule has 2 aromatic rings. The van der Waals surface area contributed by atoms with Gasteiger partial charge in [0.15, 0.2) is 0 Å². The number of benzene rings is 1. The van der Waals surface area contributed by atoms with Crippen molar-refractivity contribution in [3.63, 3.8) is 0 Å². The molecular formula is C13H12Br3N3O. The molecule has 20 heavy (non-hydrogen) atoms. The van der Waals surface area contributed by atoms with Gasteiger partial charge in [0.2, 0.25) is 0 Å². The van der Waals surface area contributed by atoms with E-state index in [1.807, 2.05) is 23.6 Å². The highest BCUT2D eigenvalue weighted by molar-refractivity contribution is 9.11. The molecule has 3 N–H and O–H groups in total. The van der Waals surface area contributed by atoms with Crippen LogP contribution in [0.15, 0.2) is 37.8 Å². The lowest BCUT2D eigenvalue weighted by Crippen LogP contribution is -2.17. The van der Waals surface area contributed by atoms with Gasteiger partial charge >= 0.3 is 0 Å². The van der Waals surface area contributed by atoms with E-state index in [9.17, 15) is 4.79 Å². The van der Waals surface area contributed by atoms with E-state index >= 15 is 0 Å². The lowest BCUT2D eigenvalue weighted by Gasteiger charge is -2.11. The Bertz CT molecular complexity index is 644. The van der Waals surface area contributed by atoms with Crippen molar-refractivity contribution in [3.05, 3.63) is 43.5 Å². The zero-order valence-corrected chi connectivity index (χ0v) is 15.3. The van der Waals surface area contributed by atoms with Crippen molar-refractivity contribution in [1.82, 2.24) is 4.57 Å². The molecule has 0 aliphatic heterocycles. The average molecular weight is 466 g/mol. The summed E-state index contributed by atoms with van der Waals surface area (Å²) in [6.45, 7) is 2.64. The standard InChI is InChI=1S/C13H12Br3N3O/c1-2-19-6-8(17)5-11(19)13(20)18-12-9(15)3-7(14)4-10(12)16/h3-6H,2,17H2,1H3,(H,18,20). The van der Waals surface area contributed by atoms with E-state index in [-0.39, 0.29) is 5.91 Å². The number of nitrogens with one attached hydrogen (secondary N) is 1. The molecule has 0 aliphatic carbocycles. The van der Waals surface area contributed by atoms with Gasteiger partial charge in [0.05, 0.1) is 11.4 Å². The molecule has 1 aromatic carbocycles. The van der Waals surface area contributed by atoms with Gasteiger partial charge in [0, 0.05) is 26.2 Å². The Morgan fingerprint density at radius 2 is 1.85 bits per heavy atom. The van der Waals surface area contributed by atoms with Crippen LogP contribution in [0.4, 0.5) is 11.4 Å². The molecule has 0 bridgehead atoms. The predicted molar refractivity (Wildman–Crippen MR) is 92.0 cm³/mol. The highest BCUT2D eigenvalue weighted by atomic mass is 79.9. The van der Waals surface area contributed by atoms with Gasteiger partial charge in [-0.15, -0.1) is 0 Å². The molecule has 4 nitrogen and oxygen atoms in total. The smallest absolute Gasteiger partial charge is 0.272 e. The first-order valence-corrected chi connectivity index (χ1v) is 8.21. The third kappa shape index (κ3) is 3.27. The Morgan fingerprint density at radius 3 is 2.40 bits per heavy atom. The van der Waals surface area contributed by atoms with Crippen molar-refractivity contribution in [2.45, 2.75) is 13.5 Å². The largest absolute Gasteiger partial charge is 0.397 e. The summed E-state index contributed by atoms with van der Waals surface area (Å²) >= 11 is 10.3. The van der Waals surface area contributed by atoms with Crippen molar-refractivity contribution in [1.29, 1.82) is 0 Å². The lowest BCUT2D eigenvalue weighted by atomic mass is 10.3. The molecular weight excluding hydrogens is 454 g/mol. The number of anilines is 2. The van der Waals surface area contributed by atoms with Crippen molar-refractivity contribution in [2.75, 3.05) is 11.1 Å². The second kappa shape index (κ2) is 6.32. The molecule has 1 amide bonds. The maximum Gasteiger partial charge on any atom is 0.272 e. The first kappa shape index (κ1) is 15.6. The summed E-state index contributed by atoms with van der Waals surface area (Å²) in [4.78, 5) is 12.4. The van der Waals surface area contributed by atoms with Crippen LogP contribution in [0.3, 0.4) is 0 Å². The van der Waals surface area contributed by atoms with Gasteiger partial charge < -0.3 is 15.6 Å². The van der Waals surface area contributed by atoms with Crippen LogP contribution in [0, 0.1) is 0 Å². The van der Waals surface area contributed by atoms with Crippen LogP contribution in [0.25, 0.3) is 0 Å². The van der Waals surface area contributed by atoms with Gasteiger partial charge in [-0.2, -0.15) is 0 Å². The van der Waals surface area contributed by atoms with Gasteiger partial charge in [-0.1, -0.05) is 15.9 Å². The number of carbonyl (C=O) groups is 1. The fourth-order valence-corrected chi connectivity index (χ4v) is 4.28. The van der Waals surface area contributed by atoms with Crippen LogP contribution in [-0.4, -0.2) is 10.5 Å². The van der Waals surface area contributed by atoms with Crippen molar-refractivity contribution >= 4 is 65.1 Å². The van der Waals surface area contributed by atoms with Crippen LogP contribution < -0.4 is 11.1 Å². The summed E-state index contributed by atoms with van der Waals surface area (Å²) < 4.78 is 4.30. The summed E-state index contributed by atoms with van der Waals surface area (Å²) in [5, 5.41) is 2.88. The molecule has 2 rings (SSSR count). The zero-order chi connectivity index (χ0) is 14.9. The zero-order valence-electron chi connectivity index (χ0n) is 10.6. The Hall–Kier alpha value is -0.790. The van der Waals surface area contributed by atoms with Crippen LogP contribution >= 0.6 is 47.8 Å². The molecule has 0 aliphatic rings. The molecule has 0 atom stereocenters. The van der Waals surface area contributed by atoms with Crippen LogP contribution in [0.1, 0.15) is 17.4 Å². The fraction of sp³-hybridized carbons (Fsp3) is 0.154. The molecule has 106 valence electrons. The Morgan fingerprint density at radius 1 is 1.25 bits per heavy atom. The molecule has 1 heterocycles. The number of rotatable bonds is 3. The number of halogens is 3. The third-order valence-electron chi connectivity index (χ3n) is 2.74. The molecule has 7 heteroatoms. The molecule has 1 aromatic heterocycles. The summed E-state index contributed by atoms with van der Waals surface area (Å²) in [6.07, 6.45) is 1.75. The Balaban J connectivity index is 2.32. The molecule has 0 spiro atoms. The monoisotopic (exact) mass is 463 g/mol. The van der Waals surface area contributed by atoms with Gasteiger partial charge in [0.25, 0.3) is 5.91 Å². The number of aryl methyl sites for hydroxylation is 1. The Labute approximate surface area is 142 Å². The van der Waals surface area contributed by atoms with E-state index in [0.29, 0.717) is 23.6 Å². The minimum Gasteiger partial charge on any atom is -0.397 e.